The van der Waals surface area contributed by atoms with Gasteiger partial charge in [0, 0.05) is 26.2 Å². The van der Waals surface area contributed by atoms with Gasteiger partial charge in [-0.1, -0.05) is 18.2 Å². The molecule has 5 aromatic rings. The fraction of sp³-hybridized carbons (Fsp3) is 0.0400. The summed E-state index contributed by atoms with van der Waals surface area (Å²) in [5.41, 5.74) is 3.38. The second kappa shape index (κ2) is 8.03. The lowest BCUT2D eigenvalue weighted by Gasteiger charge is -2.11. The Kier molecular flexibility index (Phi) is 5.07. The van der Waals surface area contributed by atoms with Crippen molar-refractivity contribution in [2.45, 2.75) is 0 Å². The number of para-hydroxylation sites is 1. The van der Waals surface area contributed by atoms with Crippen LogP contribution >= 0.6 is 22.6 Å². The molecule has 0 spiro atoms. The zero-order valence-electron chi connectivity index (χ0n) is 16.7. The van der Waals surface area contributed by atoms with Crippen LogP contribution in [0.5, 0.6) is 5.75 Å². The lowest BCUT2D eigenvalue weighted by atomic mass is 10.1. The summed E-state index contributed by atoms with van der Waals surface area (Å²) in [5.74, 6) is 1.36. The number of fused-ring (bicyclic) bond motifs is 2. The van der Waals surface area contributed by atoms with Crippen molar-refractivity contribution in [3.63, 3.8) is 0 Å². The molecule has 5 nitrogen and oxygen atoms in total. The number of halogens is 1. The number of methoxy groups -OCH3 is 1. The van der Waals surface area contributed by atoms with Crippen LogP contribution in [0.25, 0.3) is 39.6 Å². The molecule has 0 amide bonds. The van der Waals surface area contributed by atoms with Crippen molar-refractivity contribution in [1.29, 1.82) is 0 Å². The maximum Gasteiger partial charge on any atom is 0.266 e. The van der Waals surface area contributed by atoms with Crippen LogP contribution in [-0.2, 0) is 0 Å². The molecule has 5 rings (SSSR count). The zero-order valence-corrected chi connectivity index (χ0v) is 18.8. The van der Waals surface area contributed by atoms with E-state index in [0.29, 0.717) is 16.7 Å². The minimum absolute atomic E-state index is 0.0880. The van der Waals surface area contributed by atoms with Crippen molar-refractivity contribution in [2.75, 3.05) is 7.11 Å². The average Bonchev–Trinajstić information content (AvgIpc) is 3.21. The molecule has 0 saturated heterocycles. The minimum Gasteiger partial charge on any atom is -0.497 e. The fourth-order valence-corrected chi connectivity index (χ4v) is 4.16. The molecule has 0 unspecified atom stereocenters. The van der Waals surface area contributed by atoms with Gasteiger partial charge in [0.25, 0.3) is 5.56 Å². The Morgan fingerprint density at radius 3 is 2.65 bits per heavy atom. The molecule has 31 heavy (non-hydrogen) atoms. The van der Waals surface area contributed by atoms with Gasteiger partial charge in [-0.05, 0) is 83.3 Å². The Morgan fingerprint density at radius 1 is 1.00 bits per heavy atom. The highest BCUT2D eigenvalue weighted by Gasteiger charge is 2.12. The molecule has 1 N–H and O–H groups in total. The summed E-state index contributed by atoms with van der Waals surface area (Å²) in [7, 11) is 1.65. The highest BCUT2D eigenvalue weighted by Crippen LogP contribution is 2.25. The molecule has 0 aliphatic carbocycles. The smallest absolute Gasteiger partial charge is 0.266 e. The van der Waals surface area contributed by atoms with Crippen LogP contribution in [-0.4, -0.2) is 21.6 Å². The van der Waals surface area contributed by atoms with Crippen LogP contribution in [0, 0.1) is 3.57 Å². The number of benzene rings is 3. The van der Waals surface area contributed by atoms with E-state index in [0.717, 1.165) is 31.5 Å². The summed E-state index contributed by atoms with van der Waals surface area (Å²) in [6.07, 6.45) is 5.79. The lowest BCUT2D eigenvalue weighted by molar-refractivity contribution is 0.415. The first-order chi connectivity index (χ1) is 15.1. The summed E-state index contributed by atoms with van der Waals surface area (Å²) in [6.45, 7) is 0. The van der Waals surface area contributed by atoms with Crippen LogP contribution < -0.4 is 10.3 Å². The molecular weight excluding hydrogens is 501 g/mol. The van der Waals surface area contributed by atoms with Crippen LogP contribution in [0.2, 0.25) is 0 Å². The third-order valence-corrected chi connectivity index (χ3v) is 5.87. The van der Waals surface area contributed by atoms with Crippen molar-refractivity contribution in [3.05, 3.63) is 98.2 Å². The van der Waals surface area contributed by atoms with E-state index in [4.69, 9.17) is 9.72 Å². The van der Waals surface area contributed by atoms with E-state index in [-0.39, 0.29) is 5.56 Å². The van der Waals surface area contributed by atoms with E-state index in [1.165, 1.54) is 0 Å². The minimum atomic E-state index is -0.0880. The molecule has 152 valence electrons. The first-order valence-corrected chi connectivity index (χ1v) is 10.8. The quantitative estimate of drug-likeness (QED) is 0.312. The van der Waals surface area contributed by atoms with Crippen molar-refractivity contribution in [3.8, 4) is 11.4 Å². The Hall–Kier alpha value is -3.39. The van der Waals surface area contributed by atoms with Gasteiger partial charge in [-0.15, -0.1) is 0 Å². The van der Waals surface area contributed by atoms with E-state index in [9.17, 15) is 4.79 Å². The number of hydrogen-bond donors (Lipinski definition) is 1. The molecular formula is C25H18IN3O2. The van der Waals surface area contributed by atoms with Crippen molar-refractivity contribution >= 4 is 56.5 Å². The van der Waals surface area contributed by atoms with Gasteiger partial charge in [-0.3, -0.25) is 9.36 Å². The Bertz CT molecular complexity index is 1500. The standard InChI is InChI=1S/C25H18IN3O2/c1-31-19-9-11-22-20(14-19)16(15-27-22)7-12-24-28-23-10-8-17(26)13-21(23)25(30)29(24)18-5-3-2-4-6-18/h2-15,27H,1H3. The molecule has 2 aromatic heterocycles. The largest absolute Gasteiger partial charge is 0.497 e. The normalized spacial score (nSPS) is 11.5. The van der Waals surface area contributed by atoms with Crippen LogP contribution in [0.4, 0.5) is 0 Å². The van der Waals surface area contributed by atoms with Crippen LogP contribution in [0.1, 0.15) is 11.4 Å². The first kappa shape index (κ1) is 19.6. The van der Waals surface area contributed by atoms with Crippen molar-refractivity contribution < 1.29 is 4.74 Å². The maximum atomic E-state index is 13.4. The molecule has 0 aliphatic rings. The molecule has 0 bridgehead atoms. The Labute approximate surface area is 192 Å². The summed E-state index contributed by atoms with van der Waals surface area (Å²) in [5, 5.41) is 1.64. The number of nitrogens with zero attached hydrogens (tertiary/aromatic N) is 2. The Morgan fingerprint density at radius 2 is 1.84 bits per heavy atom. The second-order valence-electron chi connectivity index (χ2n) is 7.10. The van der Waals surface area contributed by atoms with E-state index in [1.807, 2.05) is 85.1 Å². The molecule has 6 heteroatoms. The highest BCUT2D eigenvalue weighted by molar-refractivity contribution is 14.1. The highest BCUT2D eigenvalue weighted by atomic mass is 127. The third kappa shape index (κ3) is 3.63. The number of aromatic nitrogens is 3. The monoisotopic (exact) mass is 519 g/mol. The van der Waals surface area contributed by atoms with E-state index in [2.05, 4.69) is 27.6 Å². The topological polar surface area (TPSA) is 59.9 Å². The molecule has 0 saturated carbocycles. The van der Waals surface area contributed by atoms with Gasteiger partial charge in [0.15, 0.2) is 0 Å². The van der Waals surface area contributed by atoms with Crippen molar-refractivity contribution in [1.82, 2.24) is 14.5 Å². The number of nitrogens with one attached hydrogen (secondary N) is 1. The van der Waals surface area contributed by atoms with Gasteiger partial charge in [0.1, 0.15) is 11.6 Å². The number of hydrogen-bond acceptors (Lipinski definition) is 3. The number of rotatable bonds is 4. The van der Waals surface area contributed by atoms with Crippen LogP contribution in [0.15, 0.2) is 77.7 Å². The maximum absolute atomic E-state index is 13.4. The fourth-order valence-electron chi connectivity index (χ4n) is 3.66. The first-order valence-electron chi connectivity index (χ1n) is 9.75. The zero-order chi connectivity index (χ0) is 21.4. The van der Waals surface area contributed by atoms with Crippen molar-refractivity contribution in [2.24, 2.45) is 0 Å². The number of ether oxygens (including phenoxy) is 1. The number of aromatic amines is 1. The summed E-state index contributed by atoms with van der Waals surface area (Å²) in [6, 6.07) is 21.2. The molecule has 0 fully saturated rings. The molecule has 2 heterocycles. The van der Waals surface area contributed by atoms with Gasteiger partial charge in [0.2, 0.25) is 0 Å². The SMILES string of the molecule is COc1ccc2[nH]cc(C=Cc3nc4ccc(I)cc4c(=O)n3-c3ccccc3)c2c1. The summed E-state index contributed by atoms with van der Waals surface area (Å²) < 4.78 is 8.02. The third-order valence-electron chi connectivity index (χ3n) is 5.20. The predicted octanol–water partition coefficient (Wildman–Crippen LogP) is 5.65. The molecule has 0 atom stereocenters. The van der Waals surface area contributed by atoms with E-state index < -0.39 is 0 Å². The average molecular weight is 519 g/mol. The van der Waals surface area contributed by atoms with E-state index >= 15 is 0 Å². The lowest BCUT2D eigenvalue weighted by Crippen LogP contribution is -2.22. The Balaban J connectivity index is 1.71. The van der Waals surface area contributed by atoms with Gasteiger partial charge >= 0.3 is 0 Å². The summed E-state index contributed by atoms with van der Waals surface area (Å²) >= 11 is 2.21. The van der Waals surface area contributed by atoms with Gasteiger partial charge < -0.3 is 9.72 Å². The predicted molar refractivity (Wildman–Crippen MR) is 134 cm³/mol. The van der Waals surface area contributed by atoms with Gasteiger partial charge in [0.05, 0.1) is 23.7 Å². The van der Waals surface area contributed by atoms with Gasteiger partial charge in [-0.25, -0.2) is 4.98 Å². The van der Waals surface area contributed by atoms with Gasteiger partial charge in [-0.2, -0.15) is 0 Å². The molecule has 0 aliphatic heterocycles. The molecule has 3 aromatic carbocycles. The second-order valence-corrected chi connectivity index (χ2v) is 8.34. The molecule has 0 radical (unpaired) electrons. The van der Waals surface area contributed by atoms with Crippen LogP contribution in [0.3, 0.4) is 0 Å². The number of H-pyrrole nitrogens is 1. The van der Waals surface area contributed by atoms with E-state index in [1.54, 1.807) is 11.7 Å². The summed E-state index contributed by atoms with van der Waals surface area (Å²) in [4.78, 5) is 21.5.